The number of hydrogen-bond donors (Lipinski definition) is 2. The molecule has 0 spiro atoms. The van der Waals surface area contributed by atoms with E-state index >= 15 is 0 Å². The number of nitrogens with zero attached hydrogens (tertiary/aromatic N) is 3. The maximum atomic E-state index is 13.0. The summed E-state index contributed by atoms with van der Waals surface area (Å²) in [7, 11) is 0. The van der Waals surface area contributed by atoms with Crippen molar-refractivity contribution in [2.45, 2.75) is 25.5 Å². The van der Waals surface area contributed by atoms with Gasteiger partial charge in [-0.1, -0.05) is 23.7 Å². The maximum absolute atomic E-state index is 13.0. The van der Waals surface area contributed by atoms with E-state index < -0.39 is 6.10 Å². The van der Waals surface area contributed by atoms with E-state index in [9.17, 15) is 9.90 Å². The highest BCUT2D eigenvalue weighted by molar-refractivity contribution is 6.30. The number of fused-ring (bicyclic) bond motifs is 1. The molecule has 0 saturated carbocycles. The second-order valence-corrected chi connectivity index (χ2v) is 6.78. The number of aliphatic hydroxyl groups excluding tert-OH is 1. The number of aryl methyl sites for hydroxylation is 1. The van der Waals surface area contributed by atoms with E-state index in [4.69, 9.17) is 11.6 Å². The van der Waals surface area contributed by atoms with Gasteiger partial charge in [-0.25, -0.2) is 4.98 Å². The van der Waals surface area contributed by atoms with Gasteiger partial charge >= 0.3 is 0 Å². The van der Waals surface area contributed by atoms with Crippen LogP contribution >= 0.6 is 11.6 Å². The van der Waals surface area contributed by atoms with E-state index in [1.54, 1.807) is 29.3 Å². The Morgan fingerprint density at radius 3 is 2.88 bits per heavy atom. The zero-order valence-corrected chi connectivity index (χ0v) is 14.4. The number of β-amino-alcohol motifs (C(OH)–C–C–N with tert-alkyl or cyclic N) is 1. The van der Waals surface area contributed by atoms with Crippen molar-refractivity contribution < 1.29 is 9.90 Å². The Balaban J connectivity index is 1.68. The normalized spacial score (nSPS) is 20.4. The first-order valence-electron chi connectivity index (χ1n) is 8.08. The number of benzene rings is 1. The lowest BCUT2D eigenvalue weighted by Gasteiger charge is -2.25. The fraction of sp³-hybridized carbons (Fsp3) is 0.278. The number of hydrogen-bond acceptors (Lipinski definition) is 4. The number of likely N-dealkylation sites (tertiary alicyclic amines) is 1. The highest BCUT2D eigenvalue weighted by atomic mass is 35.5. The maximum Gasteiger partial charge on any atom is 0.256 e. The molecule has 0 unspecified atom stereocenters. The summed E-state index contributed by atoms with van der Waals surface area (Å²) < 4.78 is 0. The van der Waals surface area contributed by atoms with Crippen molar-refractivity contribution in [3.63, 3.8) is 0 Å². The first-order valence-corrected chi connectivity index (χ1v) is 8.46. The largest absolute Gasteiger partial charge is 0.391 e. The third-order valence-corrected chi connectivity index (χ3v) is 4.90. The van der Waals surface area contributed by atoms with Crippen LogP contribution in [0.1, 0.15) is 34.1 Å². The fourth-order valence-corrected chi connectivity index (χ4v) is 3.47. The highest BCUT2D eigenvalue weighted by Gasteiger charge is 2.35. The second-order valence-electron chi connectivity index (χ2n) is 6.34. The predicted octanol–water partition coefficient (Wildman–Crippen LogP) is 2.87. The SMILES string of the molecule is Cc1n[nH]c2ncc(C(=O)N3C[C@H](O)C[C@H]3c3ccc(Cl)cc3)cc12. The van der Waals surface area contributed by atoms with Crippen LogP contribution in [0.4, 0.5) is 0 Å². The van der Waals surface area contributed by atoms with Crippen LogP contribution < -0.4 is 0 Å². The molecule has 128 valence electrons. The molecule has 6 nitrogen and oxygen atoms in total. The smallest absolute Gasteiger partial charge is 0.256 e. The number of halogens is 1. The lowest BCUT2D eigenvalue weighted by atomic mass is 10.0. The van der Waals surface area contributed by atoms with Gasteiger partial charge in [0.05, 0.1) is 23.4 Å². The molecule has 0 aliphatic carbocycles. The van der Waals surface area contributed by atoms with Crippen LogP contribution in [-0.4, -0.2) is 43.7 Å². The Morgan fingerprint density at radius 1 is 1.36 bits per heavy atom. The number of carbonyl (C=O) groups excluding carboxylic acids is 1. The predicted molar refractivity (Wildman–Crippen MR) is 94.5 cm³/mol. The molecule has 1 aliphatic rings. The van der Waals surface area contributed by atoms with Gasteiger partial charge in [-0.3, -0.25) is 9.89 Å². The molecule has 1 amide bonds. The average molecular weight is 357 g/mol. The Kier molecular flexibility index (Phi) is 3.94. The summed E-state index contributed by atoms with van der Waals surface area (Å²) >= 11 is 5.95. The number of H-pyrrole nitrogens is 1. The Hall–Kier alpha value is -2.44. The summed E-state index contributed by atoms with van der Waals surface area (Å²) in [6.45, 7) is 2.17. The van der Waals surface area contributed by atoms with Crippen LogP contribution in [-0.2, 0) is 0 Å². The first-order chi connectivity index (χ1) is 12.0. The number of rotatable bonds is 2. The van der Waals surface area contributed by atoms with Crippen molar-refractivity contribution in [2.24, 2.45) is 0 Å². The number of aliphatic hydroxyl groups is 1. The summed E-state index contributed by atoms with van der Waals surface area (Å²) in [6, 6.07) is 9.01. The number of pyridine rings is 1. The molecule has 1 fully saturated rings. The third-order valence-electron chi connectivity index (χ3n) is 4.65. The Bertz CT molecular complexity index is 938. The topological polar surface area (TPSA) is 82.1 Å². The monoisotopic (exact) mass is 356 g/mol. The Labute approximate surface area is 149 Å². The van der Waals surface area contributed by atoms with Gasteiger partial charge in [-0.2, -0.15) is 5.10 Å². The van der Waals surface area contributed by atoms with E-state index in [0.717, 1.165) is 16.6 Å². The van der Waals surface area contributed by atoms with Crippen molar-refractivity contribution >= 4 is 28.5 Å². The minimum atomic E-state index is -0.544. The zero-order valence-electron chi connectivity index (χ0n) is 13.6. The number of aromatic nitrogens is 3. The molecule has 3 heterocycles. The molecule has 1 aliphatic heterocycles. The molecule has 7 heteroatoms. The molecule has 0 bridgehead atoms. The third kappa shape index (κ3) is 2.88. The molecule has 2 N–H and O–H groups in total. The Morgan fingerprint density at radius 2 is 2.12 bits per heavy atom. The first kappa shape index (κ1) is 16.1. The van der Waals surface area contributed by atoms with E-state index in [1.165, 1.54) is 0 Å². The molecule has 2 atom stereocenters. The molecular formula is C18H17ClN4O2. The van der Waals surface area contributed by atoms with E-state index in [2.05, 4.69) is 15.2 Å². The number of carbonyl (C=O) groups is 1. The van der Waals surface area contributed by atoms with E-state index in [-0.39, 0.29) is 11.9 Å². The van der Waals surface area contributed by atoms with Gasteiger partial charge in [0.2, 0.25) is 0 Å². The van der Waals surface area contributed by atoms with Crippen LogP contribution in [0.3, 0.4) is 0 Å². The van der Waals surface area contributed by atoms with Crippen LogP contribution in [0.5, 0.6) is 0 Å². The summed E-state index contributed by atoms with van der Waals surface area (Å²) in [5, 5.41) is 18.5. The van der Waals surface area contributed by atoms with Crippen LogP contribution in [0.2, 0.25) is 5.02 Å². The summed E-state index contributed by atoms with van der Waals surface area (Å²) in [6.07, 6.45) is 1.51. The standard InChI is InChI=1S/C18H17ClN4O2/c1-10-15-6-12(8-20-17(15)22-21-10)18(25)23-9-14(24)7-16(23)11-2-4-13(19)5-3-11/h2-6,8,14,16,24H,7,9H2,1H3,(H,20,21,22)/t14-,16+/m1/s1. The highest BCUT2D eigenvalue weighted by Crippen LogP contribution is 2.34. The van der Waals surface area contributed by atoms with E-state index in [1.807, 2.05) is 19.1 Å². The van der Waals surface area contributed by atoms with Crippen LogP contribution in [0.15, 0.2) is 36.5 Å². The van der Waals surface area contributed by atoms with Gasteiger partial charge < -0.3 is 10.0 Å². The minimum absolute atomic E-state index is 0.147. The zero-order chi connectivity index (χ0) is 17.6. The number of aromatic amines is 1. The number of amides is 1. The lowest BCUT2D eigenvalue weighted by Crippen LogP contribution is -2.31. The molecule has 1 saturated heterocycles. The summed E-state index contributed by atoms with van der Waals surface area (Å²) in [5.41, 5.74) is 2.91. The average Bonchev–Trinajstić information content (AvgIpc) is 3.18. The molecule has 25 heavy (non-hydrogen) atoms. The summed E-state index contributed by atoms with van der Waals surface area (Å²) in [5.74, 6) is -0.147. The van der Waals surface area contributed by atoms with Gasteiger partial charge in [0.25, 0.3) is 5.91 Å². The van der Waals surface area contributed by atoms with Gasteiger partial charge in [0.1, 0.15) is 0 Å². The second kappa shape index (κ2) is 6.13. The van der Waals surface area contributed by atoms with Crippen molar-refractivity contribution in [2.75, 3.05) is 6.54 Å². The molecule has 4 rings (SSSR count). The minimum Gasteiger partial charge on any atom is -0.391 e. The molecule has 1 aromatic carbocycles. The van der Waals surface area contributed by atoms with Gasteiger partial charge in [0.15, 0.2) is 5.65 Å². The van der Waals surface area contributed by atoms with Gasteiger partial charge in [-0.15, -0.1) is 0 Å². The molecule has 2 aromatic heterocycles. The van der Waals surface area contributed by atoms with Gasteiger partial charge in [-0.05, 0) is 37.1 Å². The van der Waals surface area contributed by atoms with Crippen LogP contribution in [0.25, 0.3) is 11.0 Å². The lowest BCUT2D eigenvalue weighted by molar-refractivity contribution is 0.0715. The van der Waals surface area contributed by atoms with Crippen molar-refractivity contribution in [1.82, 2.24) is 20.1 Å². The fourth-order valence-electron chi connectivity index (χ4n) is 3.35. The van der Waals surface area contributed by atoms with E-state index in [0.29, 0.717) is 29.2 Å². The van der Waals surface area contributed by atoms with Crippen molar-refractivity contribution in [3.8, 4) is 0 Å². The quantitative estimate of drug-likeness (QED) is 0.739. The van der Waals surface area contributed by atoms with Gasteiger partial charge in [0, 0.05) is 23.2 Å². The summed E-state index contributed by atoms with van der Waals surface area (Å²) in [4.78, 5) is 19.0. The number of nitrogens with one attached hydrogen (secondary N) is 1. The molecule has 0 radical (unpaired) electrons. The molecule has 3 aromatic rings. The van der Waals surface area contributed by atoms with Crippen LogP contribution in [0, 0.1) is 6.92 Å². The van der Waals surface area contributed by atoms with Crippen molar-refractivity contribution in [1.29, 1.82) is 0 Å². The van der Waals surface area contributed by atoms with Crippen molar-refractivity contribution in [3.05, 3.63) is 58.4 Å². The molecular weight excluding hydrogens is 340 g/mol.